The zero-order chi connectivity index (χ0) is 21.4. The molecule has 2 unspecified atom stereocenters. The molecule has 4 heterocycles. The van der Waals surface area contributed by atoms with Crippen molar-refractivity contribution in [2.45, 2.75) is 44.8 Å². The number of rotatable bonds is 6. The van der Waals surface area contributed by atoms with Gasteiger partial charge in [-0.15, -0.1) is 0 Å². The minimum atomic E-state index is -0.414. The van der Waals surface area contributed by atoms with Crippen LogP contribution in [0.5, 0.6) is 5.75 Å². The van der Waals surface area contributed by atoms with Crippen LogP contribution in [0.3, 0.4) is 0 Å². The monoisotopic (exact) mass is 423 g/mol. The molecule has 2 aromatic rings. The molecule has 162 valence electrons. The molecule has 5 rings (SSSR count). The van der Waals surface area contributed by atoms with Crippen molar-refractivity contribution < 1.29 is 19.1 Å². The number of hydrogen-bond donors (Lipinski definition) is 2. The van der Waals surface area contributed by atoms with E-state index in [0.29, 0.717) is 30.0 Å². The van der Waals surface area contributed by atoms with Crippen molar-refractivity contribution in [3.05, 3.63) is 41.2 Å². The molecule has 2 N–H and O–H groups in total. The molecule has 2 aliphatic heterocycles. The number of ether oxygens (including phenoxy) is 2. The molecular weight excluding hydrogens is 398 g/mol. The van der Waals surface area contributed by atoms with Crippen LogP contribution in [-0.4, -0.2) is 53.8 Å². The number of amides is 2. The Morgan fingerprint density at radius 1 is 1.26 bits per heavy atom. The van der Waals surface area contributed by atoms with Crippen molar-refractivity contribution in [1.82, 2.24) is 15.3 Å². The average molecular weight is 423 g/mol. The van der Waals surface area contributed by atoms with Gasteiger partial charge in [-0.25, -0.2) is 9.78 Å². The van der Waals surface area contributed by atoms with Crippen LogP contribution in [0.25, 0.3) is 0 Å². The van der Waals surface area contributed by atoms with Crippen LogP contribution >= 0.6 is 0 Å². The summed E-state index contributed by atoms with van der Waals surface area (Å²) in [5.74, 6) is 1.02. The first-order valence-corrected chi connectivity index (χ1v) is 10.7. The maximum Gasteiger partial charge on any atom is 0.415 e. The number of cyclic esters (lactones) is 1. The summed E-state index contributed by atoms with van der Waals surface area (Å²) < 4.78 is 10.8. The molecule has 0 bridgehead atoms. The third-order valence-corrected chi connectivity index (χ3v) is 6.03. The molecule has 31 heavy (non-hydrogen) atoms. The van der Waals surface area contributed by atoms with Crippen molar-refractivity contribution in [2.75, 3.05) is 29.9 Å². The second kappa shape index (κ2) is 8.14. The molecule has 1 fully saturated rings. The van der Waals surface area contributed by atoms with Gasteiger partial charge in [-0.05, 0) is 68.5 Å². The number of pyridine rings is 2. The number of anilines is 2. The predicted molar refractivity (Wildman–Crippen MR) is 113 cm³/mol. The lowest BCUT2D eigenvalue weighted by atomic mass is 10.1. The highest BCUT2D eigenvalue weighted by Crippen LogP contribution is 2.30. The quantitative estimate of drug-likeness (QED) is 0.685. The summed E-state index contributed by atoms with van der Waals surface area (Å²) in [5, 5.41) is 6.29. The van der Waals surface area contributed by atoms with Crippen LogP contribution in [-0.2, 0) is 22.4 Å². The first-order chi connectivity index (χ1) is 15.1. The largest absolute Gasteiger partial charge is 0.480 e. The number of nitrogens with zero attached hydrogens (tertiary/aromatic N) is 3. The number of carbonyl (C=O) groups excluding carboxylic acids is 2. The molecule has 3 aliphatic rings. The van der Waals surface area contributed by atoms with Crippen LogP contribution in [0.4, 0.5) is 16.4 Å². The van der Waals surface area contributed by atoms with E-state index in [1.54, 1.807) is 12.1 Å². The lowest BCUT2D eigenvalue weighted by Gasteiger charge is -2.19. The Labute approximate surface area is 180 Å². The van der Waals surface area contributed by atoms with Gasteiger partial charge in [0.15, 0.2) is 18.2 Å². The molecule has 0 spiro atoms. The van der Waals surface area contributed by atoms with Crippen molar-refractivity contribution in [3.8, 4) is 5.75 Å². The smallest absolute Gasteiger partial charge is 0.415 e. The summed E-state index contributed by atoms with van der Waals surface area (Å²) >= 11 is 0. The number of aryl methyl sites for hydroxylation is 1. The minimum absolute atomic E-state index is 0.0284. The fraction of sp³-hybridized carbons (Fsp3) is 0.455. The van der Waals surface area contributed by atoms with Crippen molar-refractivity contribution in [1.29, 1.82) is 0 Å². The van der Waals surface area contributed by atoms with Gasteiger partial charge in [-0.1, -0.05) is 0 Å². The number of aromatic nitrogens is 2. The lowest BCUT2D eigenvalue weighted by molar-refractivity contribution is -0.118. The number of hydrogen-bond acceptors (Lipinski definition) is 7. The molecule has 0 radical (unpaired) electrons. The molecule has 0 saturated carbocycles. The second-order valence-corrected chi connectivity index (χ2v) is 8.20. The summed E-state index contributed by atoms with van der Waals surface area (Å²) in [6.07, 6.45) is 5.04. The van der Waals surface area contributed by atoms with Gasteiger partial charge in [-0.2, -0.15) is 0 Å². The van der Waals surface area contributed by atoms with E-state index in [4.69, 9.17) is 9.47 Å². The highest BCUT2D eigenvalue weighted by molar-refractivity contribution is 5.95. The maximum absolute atomic E-state index is 12.3. The van der Waals surface area contributed by atoms with Crippen LogP contribution in [0.1, 0.15) is 29.7 Å². The summed E-state index contributed by atoms with van der Waals surface area (Å²) in [5.41, 5.74) is 3.89. The summed E-state index contributed by atoms with van der Waals surface area (Å²) in [4.78, 5) is 34.1. The fourth-order valence-electron chi connectivity index (χ4n) is 4.45. The third kappa shape index (κ3) is 4.05. The van der Waals surface area contributed by atoms with E-state index in [-0.39, 0.29) is 18.6 Å². The van der Waals surface area contributed by atoms with Gasteiger partial charge in [0.1, 0.15) is 11.9 Å². The Morgan fingerprint density at radius 2 is 2.16 bits per heavy atom. The van der Waals surface area contributed by atoms with Gasteiger partial charge >= 0.3 is 6.09 Å². The van der Waals surface area contributed by atoms with Gasteiger partial charge in [0.25, 0.3) is 5.91 Å². The SMILES string of the molecule is Cc1nccc2c1CC(NCCCC1CN(c3ccc4c(n3)NC(=O)CO4)C(=O)O1)C2. The summed E-state index contributed by atoms with van der Waals surface area (Å²) in [6.45, 7) is 3.36. The molecule has 9 nitrogen and oxygen atoms in total. The summed E-state index contributed by atoms with van der Waals surface area (Å²) in [7, 11) is 0. The Hall–Kier alpha value is -3.20. The van der Waals surface area contributed by atoms with E-state index in [9.17, 15) is 9.59 Å². The van der Waals surface area contributed by atoms with Gasteiger partial charge in [0, 0.05) is 17.9 Å². The minimum Gasteiger partial charge on any atom is -0.480 e. The van der Waals surface area contributed by atoms with Crippen molar-refractivity contribution >= 4 is 23.6 Å². The standard InChI is InChI=1S/C22H25N5O4/c1-13-17-10-15(9-14(17)6-8-23-13)24-7-2-3-16-11-27(22(29)31-16)19-5-4-18-21(25-19)26-20(28)12-30-18/h4-6,8,15-16,24H,2-3,7,9-12H2,1H3,(H,25,26,28). The van der Waals surface area contributed by atoms with Crippen LogP contribution in [0.2, 0.25) is 0 Å². The summed E-state index contributed by atoms with van der Waals surface area (Å²) in [6, 6.07) is 5.97. The number of carbonyl (C=O) groups is 2. The lowest BCUT2D eigenvalue weighted by Crippen LogP contribution is -2.31. The van der Waals surface area contributed by atoms with Crippen LogP contribution < -0.4 is 20.3 Å². The van der Waals surface area contributed by atoms with Crippen molar-refractivity contribution in [2.24, 2.45) is 0 Å². The Balaban J connectivity index is 1.10. The van der Waals surface area contributed by atoms with Crippen LogP contribution in [0, 0.1) is 6.92 Å². The highest BCUT2D eigenvalue weighted by atomic mass is 16.6. The Morgan fingerprint density at radius 3 is 3.03 bits per heavy atom. The van der Waals surface area contributed by atoms with Gasteiger partial charge < -0.3 is 20.1 Å². The van der Waals surface area contributed by atoms with Gasteiger partial charge in [0.05, 0.1) is 6.54 Å². The van der Waals surface area contributed by atoms with E-state index in [0.717, 1.165) is 37.9 Å². The van der Waals surface area contributed by atoms with Gasteiger partial charge in [0.2, 0.25) is 0 Å². The molecular formula is C22H25N5O4. The first kappa shape index (κ1) is 19.7. The second-order valence-electron chi connectivity index (χ2n) is 8.20. The number of fused-ring (bicyclic) bond motifs is 2. The molecule has 9 heteroatoms. The van der Waals surface area contributed by atoms with E-state index in [1.165, 1.54) is 16.0 Å². The molecule has 1 saturated heterocycles. The molecule has 2 aromatic heterocycles. The third-order valence-electron chi connectivity index (χ3n) is 6.03. The fourth-order valence-corrected chi connectivity index (χ4v) is 4.45. The topological polar surface area (TPSA) is 106 Å². The molecule has 0 aromatic carbocycles. The highest BCUT2D eigenvalue weighted by Gasteiger charge is 2.33. The molecule has 1 aliphatic carbocycles. The zero-order valence-electron chi connectivity index (χ0n) is 17.4. The zero-order valence-corrected chi connectivity index (χ0v) is 17.4. The Bertz CT molecular complexity index is 1030. The molecule has 2 atom stereocenters. The van der Waals surface area contributed by atoms with Gasteiger partial charge in [-0.3, -0.25) is 14.7 Å². The van der Waals surface area contributed by atoms with E-state index >= 15 is 0 Å². The van der Waals surface area contributed by atoms with Crippen molar-refractivity contribution in [3.63, 3.8) is 0 Å². The molecule has 2 amide bonds. The van der Waals surface area contributed by atoms with E-state index in [1.807, 2.05) is 6.20 Å². The average Bonchev–Trinajstić information content (AvgIpc) is 3.34. The maximum atomic E-state index is 12.3. The van der Waals surface area contributed by atoms with Crippen LogP contribution in [0.15, 0.2) is 24.4 Å². The normalized spacial score (nSPS) is 21.9. The van der Waals surface area contributed by atoms with E-state index < -0.39 is 6.09 Å². The predicted octanol–water partition coefficient (Wildman–Crippen LogP) is 1.98. The first-order valence-electron chi connectivity index (χ1n) is 10.7. The Kier molecular flexibility index (Phi) is 5.19. The number of nitrogens with one attached hydrogen (secondary N) is 2. The van der Waals surface area contributed by atoms with E-state index in [2.05, 4.69) is 33.6 Å².